The molecule has 0 bridgehead atoms. The Morgan fingerprint density at radius 2 is 1.79 bits per heavy atom. The van der Waals surface area contributed by atoms with Gasteiger partial charge in [-0.2, -0.15) is 0 Å². The number of nitrogens with zero attached hydrogens (tertiary/aromatic N) is 1. The molecule has 1 aliphatic carbocycles. The van der Waals surface area contributed by atoms with Crippen molar-refractivity contribution in [2.45, 2.75) is 44.6 Å². The number of amides is 1. The first-order valence-electron chi connectivity index (χ1n) is 8.00. The Morgan fingerprint density at radius 1 is 1.21 bits per heavy atom. The van der Waals surface area contributed by atoms with E-state index in [1.165, 1.54) is 6.42 Å². The Morgan fingerprint density at radius 3 is 2.33 bits per heavy atom. The molecule has 2 rings (SSSR count). The minimum absolute atomic E-state index is 0.000833. The molecule has 1 saturated carbocycles. The fraction of sp³-hybridized carbons (Fsp3) is 0.562. The highest BCUT2D eigenvalue weighted by molar-refractivity contribution is 7.92. The molecule has 0 spiro atoms. The van der Waals surface area contributed by atoms with Crippen LogP contribution in [0.5, 0.6) is 0 Å². The quantitative estimate of drug-likeness (QED) is 0.803. The number of sulfonamides is 1. The lowest BCUT2D eigenvalue weighted by atomic mass is 9.95. The van der Waals surface area contributed by atoms with Gasteiger partial charge in [0.15, 0.2) is 0 Å². The predicted octanol–water partition coefficient (Wildman–Crippen LogP) is 3.60. The number of rotatable bonds is 6. The first kappa shape index (κ1) is 19.3. The third kappa shape index (κ3) is 5.26. The van der Waals surface area contributed by atoms with E-state index in [1.807, 2.05) is 0 Å². The van der Waals surface area contributed by atoms with Crippen molar-refractivity contribution in [2.75, 3.05) is 17.1 Å². The number of nitrogens with one attached hydrogen (secondary N) is 1. The molecule has 0 radical (unpaired) electrons. The molecule has 0 heterocycles. The lowest BCUT2D eigenvalue weighted by molar-refractivity contribution is -0.121. The van der Waals surface area contributed by atoms with Crippen molar-refractivity contribution in [3.05, 3.63) is 28.2 Å². The second kappa shape index (κ2) is 8.41. The number of halogens is 2. The fourth-order valence-corrected chi connectivity index (χ4v) is 4.57. The summed E-state index contributed by atoms with van der Waals surface area (Å²) in [6.07, 6.45) is 6.55. The van der Waals surface area contributed by atoms with Crippen LogP contribution in [0.1, 0.15) is 38.5 Å². The maximum Gasteiger partial charge on any atom is 0.232 e. The second-order valence-electron chi connectivity index (χ2n) is 6.06. The van der Waals surface area contributed by atoms with Crippen molar-refractivity contribution in [1.82, 2.24) is 5.32 Å². The summed E-state index contributed by atoms with van der Waals surface area (Å²) in [5, 5.41) is 3.45. The van der Waals surface area contributed by atoms with Crippen LogP contribution in [-0.2, 0) is 14.8 Å². The number of hydrogen-bond donors (Lipinski definition) is 1. The van der Waals surface area contributed by atoms with Gasteiger partial charge in [0.05, 0.1) is 22.0 Å². The summed E-state index contributed by atoms with van der Waals surface area (Å²) < 4.78 is 25.3. The van der Waals surface area contributed by atoms with E-state index in [4.69, 9.17) is 23.2 Å². The molecule has 1 aromatic rings. The molecule has 0 unspecified atom stereocenters. The molecule has 24 heavy (non-hydrogen) atoms. The average molecular weight is 393 g/mol. The van der Waals surface area contributed by atoms with Crippen molar-refractivity contribution < 1.29 is 13.2 Å². The normalized spacial score (nSPS) is 16.0. The topological polar surface area (TPSA) is 66.5 Å². The summed E-state index contributed by atoms with van der Waals surface area (Å²) >= 11 is 12.2. The van der Waals surface area contributed by atoms with Crippen molar-refractivity contribution in [3.63, 3.8) is 0 Å². The predicted molar refractivity (Wildman–Crippen MR) is 98.3 cm³/mol. The van der Waals surface area contributed by atoms with Crippen molar-refractivity contribution in [2.24, 2.45) is 0 Å². The molecule has 0 aliphatic heterocycles. The molecule has 0 saturated heterocycles. The zero-order valence-corrected chi connectivity index (χ0v) is 15.9. The monoisotopic (exact) mass is 392 g/mol. The van der Waals surface area contributed by atoms with E-state index in [-0.39, 0.29) is 40.6 Å². The fourth-order valence-electron chi connectivity index (χ4n) is 2.92. The van der Waals surface area contributed by atoms with Crippen LogP contribution in [0, 0.1) is 0 Å². The number of para-hydroxylation sites is 1. The van der Waals surface area contributed by atoms with Crippen LogP contribution in [0.3, 0.4) is 0 Å². The maximum absolute atomic E-state index is 12.1. The number of carbonyl (C=O) groups is 1. The summed E-state index contributed by atoms with van der Waals surface area (Å²) in [7, 11) is -3.61. The maximum atomic E-state index is 12.1. The Labute approximate surface area is 153 Å². The molecule has 0 atom stereocenters. The number of benzene rings is 1. The van der Waals surface area contributed by atoms with Gasteiger partial charge in [-0.05, 0) is 25.0 Å². The third-order valence-electron chi connectivity index (χ3n) is 4.10. The molecular weight excluding hydrogens is 371 g/mol. The zero-order valence-electron chi connectivity index (χ0n) is 13.6. The Kier molecular flexibility index (Phi) is 6.78. The highest BCUT2D eigenvalue weighted by Gasteiger charge is 2.24. The lowest BCUT2D eigenvalue weighted by Crippen LogP contribution is -2.39. The molecule has 8 heteroatoms. The van der Waals surface area contributed by atoms with Gasteiger partial charge in [0.1, 0.15) is 0 Å². The number of hydrogen-bond acceptors (Lipinski definition) is 3. The Bertz CT molecular complexity index is 668. The van der Waals surface area contributed by atoms with Gasteiger partial charge in [-0.1, -0.05) is 48.5 Å². The van der Waals surface area contributed by atoms with Gasteiger partial charge in [0.2, 0.25) is 15.9 Å². The van der Waals surface area contributed by atoms with Gasteiger partial charge < -0.3 is 5.32 Å². The molecule has 1 aromatic carbocycles. The standard InChI is InChI=1S/C16H22Cl2N2O3S/c1-24(22,23)20(16-13(17)8-5-9-14(16)18)11-10-15(21)19-12-6-3-2-4-7-12/h5,8-9,12H,2-4,6-7,10-11H2,1H3,(H,19,21). The lowest BCUT2D eigenvalue weighted by Gasteiger charge is -2.26. The van der Waals surface area contributed by atoms with Gasteiger partial charge >= 0.3 is 0 Å². The third-order valence-corrected chi connectivity index (χ3v) is 5.88. The van der Waals surface area contributed by atoms with Crippen molar-refractivity contribution in [3.8, 4) is 0 Å². The molecule has 5 nitrogen and oxygen atoms in total. The first-order valence-corrected chi connectivity index (χ1v) is 10.6. The van der Waals surface area contributed by atoms with E-state index >= 15 is 0 Å². The summed E-state index contributed by atoms with van der Waals surface area (Å²) in [5.41, 5.74) is 0.216. The van der Waals surface area contributed by atoms with Gasteiger partial charge in [-0.3, -0.25) is 9.10 Å². The zero-order chi connectivity index (χ0) is 17.7. The summed E-state index contributed by atoms with van der Waals surface area (Å²) in [6, 6.07) is 4.98. The smallest absolute Gasteiger partial charge is 0.232 e. The van der Waals surface area contributed by atoms with E-state index < -0.39 is 10.0 Å². The highest BCUT2D eigenvalue weighted by Crippen LogP contribution is 2.35. The van der Waals surface area contributed by atoms with Crippen LogP contribution in [0.15, 0.2) is 18.2 Å². The Balaban J connectivity index is 2.06. The van der Waals surface area contributed by atoms with Gasteiger partial charge in [0, 0.05) is 19.0 Å². The van der Waals surface area contributed by atoms with E-state index in [2.05, 4.69) is 5.32 Å². The number of anilines is 1. The molecule has 134 valence electrons. The second-order valence-corrected chi connectivity index (χ2v) is 8.78. The first-order chi connectivity index (χ1) is 11.3. The van der Waals surface area contributed by atoms with Crippen LogP contribution in [0.25, 0.3) is 0 Å². The van der Waals surface area contributed by atoms with Gasteiger partial charge in [-0.15, -0.1) is 0 Å². The molecule has 1 N–H and O–H groups in total. The van der Waals surface area contributed by atoms with Crippen LogP contribution in [0.2, 0.25) is 10.0 Å². The molecule has 0 aromatic heterocycles. The minimum atomic E-state index is -3.61. The minimum Gasteiger partial charge on any atom is -0.353 e. The van der Waals surface area contributed by atoms with Crippen molar-refractivity contribution in [1.29, 1.82) is 0 Å². The van der Waals surface area contributed by atoms with E-state index in [0.29, 0.717) is 0 Å². The van der Waals surface area contributed by atoms with Crippen molar-refractivity contribution >= 4 is 44.8 Å². The largest absolute Gasteiger partial charge is 0.353 e. The van der Waals surface area contributed by atoms with E-state index in [0.717, 1.165) is 36.2 Å². The van der Waals surface area contributed by atoms with Gasteiger partial charge in [0.25, 0.3) is 0 Å². The summed E-state index contributed by atoms with van der Waals surface area (Å²) in [4.78, 5) is 12.1. The van der Waals surface area contributed by atoms with Crippen LogP contribution in [-0.4, -0.2) is 33.2 Å². The van der Waals surface area contributed by atoms with Crippen LogP contribution in [0.4, 0.5) is 5.69 Å². The van der Waals surface area contributed by atoms with E-state index in [9.17, 15) is 13.2 Å². The van der Waals surface area contributed by atoms with Crippen LogP contribution >= 0.6 is 23.2 Å². The average Bonchev–Trinajstić information content (AvgIpc) is 2.50. The van der Waals surface area contributed by atoms with Gasteiger partial charge in [-0.25, -0.2) is 8.42 Å². The Hall–Kier alpha value is -0.980. The van der Waals surface area contributed by atoms with E-state index in [1.54, 1.807) is 18.2 Å². The molecule has 1 amide bonds. The SMILES string of the molecule is CS(=O)(=O)N(CCC(=O)NC1CCCCC1)c1c(Cl)cccc1Cl. The highest BCUT2D eigenvalue weighted by atomic mass is 35.5. The van der Waals surface area contributed by atoms with Crippen LogP contribution < -0.4 is 9.62 Å². The molecule has 1 fully saturated rings. The molecule has 1 aliphatic rings. The number of carbonyl (C=O) groups excluding carboxylic acids is 1. The summed E-state index contributed by atoms with van der Waals surface area (Å²) in [5.74, 6) is -0.154. The molecular formula is C16H22Cl2N2O3S. The summed E-state index contributed by atoms with van der Waals surface area (Å²) in [6.45, 7) is 0.000833.